The highest BCUT2D eigenvalue weighted by molar-refractivity contribution is 6.00. The van der Waals surface area contributed by atoms with Crippen LogP contribution < -0.4 is 5.32 Å². The van der Waals surface area contributed by atoms with Crippen LogP contribution >= 0.6 is 0 Å². The predicted molar refractivity (Wildman–Crippen MR) is 49.7 cm³/mol. The monoisotopic (exact) mass is 163 g/mol. The number of Topliss-reactive ketones (excluding diaryl/α,β-unsaturated/α-hetero) is 1. The van der Waals surface area contributed by atoms with Crippen molar-refractivity contribution in [1.29, 1.82) is 0 Å². The van der Waals surface area contributed by atoms with Crippen molar-refractivity contribution in [3.8, 4) is 0 Å². The molecule has 12 heavy (non-hydrogen) atoms. The van der Waals surface area contributed by atoms with Crippen LogP contribution in [0.2, 0.25) is 0 Å². The third-order valence-electron chi connectivity index (χ3n) is 1.97. The predicted octanol–water partition coefficient (Wildman–Crippen LogP) is 1.56. The van der Waals surface area contributed by atoms with Crippen molar-refractivity contribution in [2.24, 2.45) is 0 Å². The van der Waals surface area contributed by atoms with Crippen LogP contribution in [0.25, 0.3) is 0 Å². The molecule has 0 fully saturated rings. The molecule has 0 amide bonds. The Morgan fingerprint density at radius 1 is 1.42 bits per heavy atom. The molecule has 0 radical (unpaired) electrons. The molecule has 1 N–H and O–H groups in total. The number of hydrogen-bond acceptors (Lipinski definition) is 2. The zero-order valence-electron chi connectivity index (χ0n) is 7.64. The smallest absolute Gasteiger partial charge is 0.160 e. The molecule has 0 saturated heterocycles. The van der Waals surface area contributed by atoms with Gasteiger partial charge in [0.05, 0.1) is 0 Å². The highest BCUT2D eigenvalue weighted by Crippen LogP contribution is 2.21. The molecule has 0 aromatic carbocycles. The van der Waals surface area contributed by atoms with Gasteiger partial charge in [-0.25, -0.2) is 0 Å². The van der Waals surface area contributed by atoms with Gasteiger partial charge in [0.25, 0.3) is 0 Å². The fourth-order valence-electron chi connectivity index (χ4n) is 1.19. The van der Waals surface area contributed by atoms with Crippen molar-refractivity contribution >= 4 is 5.78 Å². The number of nitrogens with one attached hydrogen (secondary N) is 1. The summed E-state index contributed by atoms with van der Waals surface area (Å²) in [5, 5.41) is 3.03. The van der Waals surface area contributed by atoms with Gasteiger partial charge in [0.1, 0.15) is 0 Å². The van der Waals surface area contributed by atoms with E-state index >= 15 is 0 Å². The first-order valence-corrected chi connectivity index (χ1v) is 3.95. The highest BCUT2D eigenvalue weighted by Gasteiger charge is 2.12. The summed E-state index contributed by atoms with van der Waals surface area (Å²) in [6.45, 7) is 3.55. The Kier molecular flexibility index (Phi) is 2.48. The third-order valence-corrected chi connectivity index (χ3v) is 1.97. The van der Waals surface area contributed by atoms with E-state index in [9.17, 15) is 4.79 Å². The minimum absolute atomic E-state index is 0.115. The summed E-state index contributed by atoms with van der Waals surface area (Å²) in [5.74, 6) is 0.115. The van der Waals surface area contributed by atoms with Crippen molar-refractivity contribution in [2.75, 3.05) is 7.05 Å². The number of rotatable bonds is 2. The summed E-state index contributed by atoms with van der Waals surface area (Å²) in [7, 11) is 1.85. The molecule has 1 aliphatic carbocycles. The molecule has 0 aromatic rings. The van der Waals surface area contributed by atoms with Gasteiger partial charge in [0.2, 0.25) is 0 Å². The van der Waals surface area contributed by atoms with E-state index in [2.05, 4.69) is 5.32 Å². The molecule has 0 spiro atoms. The minimum Gasteiger partial charge on any atom is -0.391 e. The molecule has 0 atom stereocenters. The van der Waals surface area contributed by atoms with Crippen LogP contribution in [0.4, 0.5) is 0 Å². The maximum Gasteiger partial charge on any atom is 0.160 e. The fourth-order valence-corrected chi connectivity index (χ4v) is 1.19. The maximum atomic E-state index is 11.1. The van der Waals surface area contributed by atoms with E-state index in [-0.39, 0.29) is 5.78 Å². The average Bonchev–Trinajstić information content (AvgIpc) is 2.50. The van der Waals surface area contributed by atoms with Crippen LogP contribution in [0.15, 0.2) is 35.1 Å². The number of allylic oxidation sites excluding steroid dienone is 6. The molecule has 0 aliphatic heterocycles. The van der Waals surface area contributed by atoms with Gasteiger partial charge in [-0.1, -0.05) is 18.2 Å². The van der Waals surface area contributed by atoms with Crippen LogP contribution in [-0.4, -0.2) is 12.8 Å². The van der Waals surface area contributed by atoms with Gasteiger partial charge >= 0.3 is 0 Å². The third kappa shape index (κ3) is 1.47. The second-order valence-electron chi connectivity index (χ2n) is 2.78. The number of ketones is 1. The summed E-state index contributed by atoms with van der Waals surface area (Å²) in [6, 6.07) is 0. The summed E-state index contributed by atoms with van der Waals surface area (Å²) in [5.41, 5.74) is 2.83. The van der Waals surface area contributed by atoms with Crippen molar-refractivity contribution in [2.45, 2.75) is 13.8 Å². The molecule has 0 unspecified atom stereocenters. The van der Waals surface area contributed by atoms with Crippen LogP contribution in [-0.2, 0) is 4.79 Å². The van der Waals surface area contributed by atoms with Crippen LogP contribution in [0.3, 0.4) is 0 Å². The van der Waals surface area contributed by atoms with Gasteiger partial charge in [-0.2, -0.15) is 0 Å². The summed E-state index contributed by atoms with van der Waals surface area (Å²) >= 11 is 0. The van der Waals surface area contributed by atoms with Crippen LogP contribution in [0.5, 0.6) is 0 Å². The van der Waals surface area contributed by atoms with Crippen molar-refractivity contribution in [3.05, 3.63) is 35.1 Å². The van der Waals surface area contributed by atoms with Crippen molar-refractivity contribution in [1.82, 2.24) is 5.32 Å². The number of carbonyl (C=O) groups is 1. The average molecular weight is 163 g/mol. The zero-order valence-corrected chi connectivity index (χ0v) is 7.64. The SMILES string of the molecule is CNC(C)=C1C=CC=C1C(C)=O. The highest BCUT2D eigenvalue weighted by atomic mass is 16.1. The van der Waals surface area contributed by atoms with Gasteiger partial charge in [0.15, 0.2) is 5.78 Å². The van der Waals surface area contributed by atoms with Gasteiger partial charge in [-0.05, 0) is 13.8 Å². The zero-order chi connectivity index (χ0) is 9.14. The lowest BCUT2D eigenvalue weighted by atomic mass is 10.0. The van der Waals surface area contributed by atoms with E-state index < -0.39 is 0 Å². The summed E-state index contributed by atoms with van der Waals surface area (Å²) in [4.78, 5) is 11.1. The topological polar surface area (TPSA) is 29.1 Å². The Bertz CT molecular complexity index is 295. The molecule has 2 heteroatoms. The lowest BCUT2D eigenvalue weighted by Gasteiger charge is -2.06. The van der Waals surface area contributed by atoms with Crippen LogP contribution in [0.1, 0.15) is 13.8 Å². The van der Waals surface area contributed by atoms with Gasteiger partial charge in [-0.15, -0.1) is 0 Å². The first kappa shape index (κ1) is 8.78. The Hall–Kier alpha value is -1.31. The fraction of sp³-hybridized carbons (Fsp3) is 0.300. The molecule has 0 heterocycles. The van der Waals surface area contributed by atoms with Crippen molar-refractivity contribution in [3.63, 3.8) is 0 Å². The standard InChI is InChI=1S/C10H13NO/c1-7(11-3)9-5-4-6-10(9)8(2)12/h4-6,11H,1-3H3. The van der Waals surface area contributed by atoms with E-state index in [1.165, 1.54) is 0 Å². The van der Waals surface area contributed by atoms with Gasteiger partial charge in [-0.3, -0.25) is 4.79 Å². The van der Waals surface area contributed by atoms with E-state index in [1.807, 2.05) is 32.2 Å². The quantitative estimate of drug-likeness (QED) is 0.669. The molecule has 1 aliphatic rings. The number of carbonyl (C=O) groups excluding carboxylic acids is 1. The molecule has 2 nitrogen and oxygen atoms in total. The van der Waals surface area contributed by atoms with Crippen molar-refractivity contribution < 1.29 is 4.79 Å². The molecular weight excluding hydrogens is 150 g/mol. The minimum atomic E-state index is 0.115. The largest absolute Gasteiger partial charge is 0.391 e. The van der Waals surface area contributed by atoms with Gasteiger partial charge < -0.3 is 5.32 Å². The Labute approximate surface area is 72.7 Å². The molecule has 0 bridgehead atoms. The summed E-state index contributed by atoms with van der Waals surface area (Å²) < 4.78 is 0. The molecular formula is C10H13NO. The van der Waals surface area contributed by atoms with E-state index in [0.717, 1.165) is 16.8 Å². The van der Waals surface area contributed by atoms with Gasteiger partial charge in [0, 0.05) is 23.9 Å². The van der Waals surface area contributed by atoms with Crippen LogP contribution in [0, 0.1) is 0 Å². The lowest BCUT2D eigenvalue weighted by molar-refractivity contribution is -0.113. The molecule has 64 valence electrons. The summed E-state index contributed by atoms with van der Waals surface area (Å²) in [6.07, 6.45) is 5.69. The molecule has 0 saturated carbocycles. The normalized spacial score (nSPS) is 19.1. The molecule has 1 rings (SSSR count). The lowest BCUT2D eigenvalue weighted by Crippen LogP contribution is -2.08. The number of hydrogen-bond donors (Lipinski definition) is 1. The first-order valence-electron chi connectivity index (χ1n) is 3.95. The second kappa shape index (κ2) is 3.39. The molecule has 0 aromatic heterocycles. The Balaban J connectivity index is 3.03. The Morgan fingerprint density at radius 3 is 2.58 bits per heavy atom. The van der Waals surface area contributed by atoms with E-state index in [4.69, 9.17) is 0 Å². The van der Waals surface area contributed by atoms with E-state index in [1.54, 1.807) is 6.92 Å². The first-order chi connectivity index (χ1) is 5.66. The Morgan fingerprint density at radius 2 is 2.08 bits per heavy atom. The second-order valence-corrected chi connectivity index (χ2v) is 2.78. The maximum absolute atomic E-state index is 11.1. The van der Waals surface area contributed by atoms with E-state index in [0.29, 0.717) is 0 Å².